The van der Waals surface area contributed by atoms with Gasteiger partial charge in [0.25, 0.3) is 0 Å². The molecule has 0 aliphatic heterocycles. The van der Waals surface area contributed by atoms with E-state index in [9.17, 15) is 0 Å². The number of aryl methyl sites for hydroxylation is 1. The lowest BCUT2D eigenvalue weighted by atomic mass is 9.98. The van der Waals surface area contributed by atoms with Crippen LogP contribution in [0.15, 0.2) is 18.2 Å². The summed E-state index contributed by atoms with van der Waals surface area (Å²) in [7, 11) is 0. The van der Waals surface area contributed by atoms with Crippen LogP contribution in [-0.4, -0.2) is 6.54 Å². The predicted octanol–water partition coefficient (Wildman–Crippen LogP) is 3.91. The van der Waals surface area contributed by atoms with Gasteiger partial charge in [-0.15, -0.1) is 0 Å². The van der Waals surface area contributed by atoms with Crippen LogP contribution in [0.25, 0.3) is 0 Å². The molecule has 0 radical (unpaired) electrons. The molecule has 0 aliphatic rings. The zero-order valence-electron chi connectivity index (χ0n) is 8.97. The summed E-state index contributed by atoms with van der Waals surface area (Å²) in [6, 6.07) is 5.83. The zero-order chi connectivity index (χ0) is 11.3. The quantitative estimate of drug-likeness (QED) is 0.837. The van der Waals surface area contributed by atoms with Gasteiger partial charge in [-0.1, -0.05) is 36.2 Å². The molecule has 1 unspecified atom stereocenters. The molecule has 3 heteroatoms. The Balaban J connectivity index is 2.47. The molecule has 15 heavy (non-hydrogen) atoms. The molecule has 0 saturated carbocycles. The molecular formula is C12H17Cl2N. The van der Waals surface area contributed by atoms with Crippen LogP contribution in [0, 0.1) is 5.92 Å². The van der Waals surface area contributed by atoms with Crippen LogP contribution >= 0.6 is 23.2 Å². The van der Waals surface area contributed by atoms with Gasteiger partial charge < -0.3 is 5.73 Å². The zero-order valence-corrected chi connectivity index (χ0v) is 10.5. The van der Waals surface area contributed by atoms with Crippen LogP contribution in [0.4, 0.5) is 0 Å². The Labute approximate surface area is 102 Å². The number of benzene rings is 1. The SMILES string of the molecule is CC(CCN)CCc1ccc(Cl)c(Cl)c1. The second-order valence-electron chi connectivity index (χ2n) is 3.97. The Kier molecular flexibility index (Phi) is 5.44. The Morgan fingerprint density at radius 1 is 1.20 bits per heavy atom. The number of rotatable bonds is 5. The first kappa shape index (κ1) is 12.8. The molecule has 1 aromatic rings. The molecule has 84 valence electrons. The van der Waals surface area contributed by atoms with Crippen molar-refractivity contribution < 1.29 is 0 Å². The van der Waals surface area contributed by atoms with Crippen molar-refractivity contribution >= 4 is 23.2 Å². The van der Waals surface area contributed by atoms with E-state index in [4.69, 9.17) is 28.9 Å². The van der Waals surface area contributed by atoms with Crippen molar-refractivity contribution in [2.75, 3.05) is 6.54 Å². The Hall–Kier alpha value is -0.240. The third-order valence-corrected chi connectivity index (χ3v) is 3.31. The molecular weight excluding hydrogens is 229 g/mol. The maximum Gasteiger partial charge on any atom is 0.0595 e. The van der Waals surface area contributed by atoms with Gasteiger partial charge in [-0.3, -0.25) is 0 Å². The van der Waals surface area contributed by atoms with E-state index in [2.05, 4.69) is 6.92 Å². The van der Waals surface area contributed by atoms with Gasteiger partial charge in [-0.05, 0) is 49.4 Å². The summed E-state index contributed by atoms with van der Waals surface area (Å²) in [5.41, 5.74) is 6.75. The molecule has 1 nitrogen and oxygen atoms in total. The van der Waals surface area contributed by atoms with E-state index in [1.54, 1.807) is 0 Å². The van der Waals surface area contributed by atoms with Gasteiger partial charge >= 0.3 is 0 Å². The minimum atomic E-state index is 0.621. The van der Waals surface area contributed by atoms with E-state index >= 15 is 0 Å². The number of hydrogen-bond donors (Lipinski definition) is 1. The average molecular weight is 246 g/mol. The highest BCUT2D eigenvalue weighted by atomic mass is 35.5. The standard InChI is InChI=1S/C12H17Cl2N/c1-9(6-7-15)2-3-10-4-5-11(13)12(14)8-10/h4-5,8-9H,2-3,6-7,15H2,1H3. The summed E-state index contributed by atoms with van der Waals surface area (Å²) in [6.45, 7) is 2.99. The molecule has 0 saturated heterocycles. The van der Waals surface area contributed by atoms with Gasteiger partial charge in [-0.25, -0.2) is 0 Å². The Bertz CT molecular complexity index is 312. The van der Waals surface area contributed by atoms with Crippen molar-refractivity contribution in [3.8, 4) is 0 Å². The average Bonchev–Trinajstić information content (AvgIpc) is 2.20. The highest BCUT2D eigenvalue weighted by Gasteiger charge is 2.03. The monoisotopic (exact) mass is 245 g/mol. The van der Waals surface area contributed by atoms with E-state index in [1.807, 2.05) is 18.2 Å². The molecule has 0 aromatic heterocycles. The molecule has 1 rings (SSSR count). The topological polar surface area (TPSA) is 26.0 Å². The molecule has 0 amide bonds. The van der Waals surface area contributed by atoms with E-state index in [0.29, 0.717) is 16.0 Å². The van der Waals surface area contributed by atoms with Gasteiger partial charge in [0, 0.05) is 0 Å². The normalized spacial score (nSPS) is 12.8. The van der Waals surface area contributed by atoms with Gasteiger partial charge in [0.05, 0.1) is 10.0 Å². The third kappa shape index (κ3) is 4.42. The lowest BCUT2D eigenvalue weighted by molar-refractivity contribution is 0.500. The number of nitrogens with two attached hydrogens (primary N) is 1. The maximum atomic E-state index is 5.94. The van der Waals surface area contributed by atoms with Crippen molar-refractivity contribution in [1.29, 1.82) is 0 Å². The predicted molar refractivity (Wildman–Crippen MR) is 67.6 cm³/mol. The fourth-order valence-electron chi connectivity index (χ4n) is 1.54. The van der Waals surface area contributed by atoms with Crippen molar-refractivity contribution in [3.05, 3.63) is 33.8 Å². The van der Waals surface area contributed by atoms with Crippen LogP contribution in [0.2, 0.25) is 10.0 Å². The second-order valence-corrected chi connectivity index (χ2v) is 4.78. The van der Waals surface area contributed by atoms with Crippen LogP contribution in [0.3, 0.4) is 0 Å². The van der Waals surface area contributed by atoms with Crippen LogP contribution < -0.4 is 5.73 Å². The first-order valence-corrected chi connectivity index (χ1v) is 6.03. The first-order valence-electron chi connectivity index (χ1n) is 5.27. The number of hydrogen-bond acceptors (Lipinski definition) is 1. The van der Waals surface area contributed by atoms with Gasteiger partial charge in [0.15, 0.2) is 0 Å². The molecule has 1 atom stereocenters. The molecule has 0 spiro atoms. The Morgan fingerprint density at radius 2 is 1.93 bits per heavy atom. The first-order chi connectivity index (χ1) is 7.13. The van der Waals surface area contributed by atoms with E-state index in [-0.39, 0.29) is 0 Å². The van der Waals surface area contributed by atoms with E-state index in [1.165, 1.54) is 5.56 Å². The smallest absolute Gasteiger partial charge is 0.0595 e. The highest BCUT2D eigenvalue weighted by molar-refractivity contribution is 6.42. The summed E-state index contributed by atoms with van der Waals surface area (Å²) >= 11 is 11.8. The summed E-state index contributed by atoms with van der Waals surface area (Å²) in [5, 5.41) is 1.26. The van der Waals surface area contributed by atoms with Crippen LogP contribution in [-0.2, 0) is 6.42 Å². The lowest BCUT2D eigenvalue weighted by Gasteiger charge is -2.09. The van der Waals surface area contributed by atoms with Gasteiger partial charge in [0.1, 0.15) is 0 Å². The van der Waals surface area contributed by atoms with Gasteiger partial charge in [0.2, 0.25) is 0 Å². The largest absolute Gasteiger partial charge is 0.330 e. The summed E-state index contributed by atoms with van der Waals surface area (Å²) in [6.07, 6.45) is 3.27. The second kappa shape index (κ2) is 6.37. The number of halogens is 2. The highest BCUT2D eigenvalue weighted by Crippen LogP contribution is 2.23. The fourth-order valence-corrected chi connectivity index (χ4v) is 1.86. The molecule has 0 heterocycles. The minimum absolute atomic E-state index is 0.621. The van der Waals surface area contributed by atoms with Crippen molar-refractivity contribution in [2.24, 2.45) is 11.7 Å². The van der Waals surface area contributed by atoms with Crippen LogP contribution in [0.1, 0.15) is 25.3 Å². The third-order valence-electron chi connectivity index (χ3n) is 2.57. The van der Waals surface area contributed by atoms with E-state index in [0.717, 1.165) is 25.8 Å². The fraction of sp³-hybridized carbons (Fsp3) is 0.500. The molecule has 2 N–H and O–H groups in total. The van der Waals surface area contributed by atoms with Crippen molar-refractivity contribution in [3.63, 3.8) is 0 Å². The minimum Gasteiger partial charge on any atom is -0.330 e. The molecule has 0 aliphatic carbocycles. The van der Waals surface area contributed by atoms with Crippen LogP contribution in [0.5, 0.6) is 0 Å². The maximum absolute atomic E-state index is 5.94. The Morgan fingerprint density at radius 3 is 2.53 bits per heavy atom. The van der Waals surface area contributed by atoms with Crippen molar-refractivity contribution in [1.82, 2.24) is 0 Å². The molecule has 0 bridgehead atoms. The summed E-state index contributed by atoms with van der Waals surface area (Å²) in [4.78, 5) is 0. The van der Waals surface area contributed by atoms with Crippen molar-refractivity contribution in [2.45, 2.75) is 26.2 Å². The van der Waals surface area contributed by atoms with Gasteiger partial charge in [-0.2, -0.15) is 0 Å². The summed E-state index contributed by atoms with van der Waals surface area (Å²) < 4.78 is 0. The lowest BCUT2D eigenvalue weighted by Crippen LogP contribution is -2.06. The van der Waals surface area contributed by atoms with E-state index < -0.39 is 0 Å². The molecule has 0 fully saturated rings. The summed E-state index contributed by atoms with van der Waals surface area (Å²) in [5.74, 6) is 0.671. The molecule has 1 aromatic carbocycles.